The molecule has 0 radical (unpaired) electrons. The summed E-state index contributed by atoms with van der Waals surface area (Å²) < 4.78 is 16.9. The first-order chi connectivity index (χ1) is 32.4. The number of esters is 3. The Morgan fingerprint density at radius 2 is 0.530 bits per heavy atom. The van der Waals surface area contributed by atoms with Crippen LogP contribution in [0.4, 0.5) is 0 Å². The van der Waals surface area contributed by atoms with Crippen molar-refractivity contribution in [2.75, 3.05) is 13.2 Å². The molecule has 0 rings (SSSR count). The van der Waals surface area contributed by atoms with Crippen molar-refractivity contribution in [3.8, 4) is 0 Å². The maximum absolute atomic E-state index is 12.9. The van der Waals surface area contributed by atoms with Crippen molar-refractivity contribution in [3.63, 3.8) is 0 Å². The summed E-state index contributed by atoms with van der Waals surface area (Å²) in [5.41, 5.74) is 0. The van der Waals surface area contributed by atoms with Crippen LogP contribution in [-0.4, -0.2) is 37.2 Å². The van der Waals surface area contributed by atoms with Crippen molar-refractivity contribution in [2.45, 2.75) is 348 Å². The summed E-state index contributed by atoms with van der Waals surface area (Å²) in [6.45, 7) is 9.09. The minimum absolute atomic E-state index is 0.0618. The van der Waals surface area contributed by atoms with Gasteiger partial charge in [0.1, 0.15) is 13.2 Å². The molecular weight excluding hydrogens is 817 g/mol. The van der Waals surface area contributed by atoms with Gasteiger partial charge in [-0.1, -0.05) is 304 Å². The fourth-order valence-corrected chi connectivity index (χ4v) is 9.25. The third-order valence-corrected chi connectivity index (χ3v) is 14.2. The topological polar surface area (TPSA) is 78.9 Å². The molecule has 0 N–H and O–H groups in total. The number of carbonyl (C=O) groups excluding carboxylic acids is 3. The molecule has 0 aromatic carbocycles. The van der Waals surface area contributed by atoms with Crippen LogP contribution in [-0.2, 0) is 28.6 Å². The summed E-state index contributed by atoms with van der Waals surface area (Å²) >= 11 is 0. The van der Waals surface area contributed by atoms with Crippen LogP contribution in [0.15, 0.2) is 0 Å². The molecule has 0 bridgehead atoms. The number of unbranched alkanes of at least 4 members (excludes halogenated alkanes) is 41. The van der Waals surface area contributed by atoms with E-state index in [4.69, 9.17) is 14.2 Å². The normalized spacial score (nSPS) is 12.4. The van der Waals surface area contributed by atoms with Gasteiger partial charge < -0.3 is 14.2 Å². The van der Waals surface area contributed by atoms with Gasteiger partial charge in [-0.05, 0) is 25.2 Å². The zero-order valence-corrected chi connectivity index (χ0v) is 45.2. The Morgan fingerprint density at radius 3 is 0.788 bits per heavy atom. The van der Waals surface area contributed by atoms with Crippen LogP contribution in [0.2, 0.25) is 0 Å². The van der Waals surface area contributed by atoms with E-state index in [-0.39, 0.29) is 31.1 Å². The number of carbonyl (C=O) groups is 3. The van der Waals surface area contributed by atoms with E-state index in [9.17, 15) is 14.4 Å². The molecule has 392 valence electrons. The quantitative estimate of drug-likeness (QED) is 0.0343. The molecule has 0 saturated carbocycles. The van der Waals surface area contributed by atoms with Gasteiger partial charge in [0.15, 0.2) is 6.10 Å². The standard InChI is InChI=1S/C60H116O6/c1-5-8-10-12-14-16-17-18-19-22-26-29-32-36-40-44-48-52-59(62)65-55-57(54-64-58(61)51-47-43-39-34-15-13-11-9-6-2)66-60(63)53-49-45-41-37-33-30-27-24-21-20-23-25-28-31-35-38-42-46-50-56(4)7-3/h56-57H,5-55H2,1-4H3/t56?,57-/m1/s1. The number of hydrogen-bond donors (Lipinski definition) is 0. The van der Waals surface area contributed by atoms with Crippen molar-refractivity contribution >= 4 is 17.9 Å². The van der Waals surface area contributed by atoms with E-state index in [1.54, 1.807) is 0 Å². The van der Waals surface area contributed by atoms with E-state index < -0.39 is 6.10 Å². The molecule has 0 fully saturated rings. The van der Waals surface area contributed by atoms with Crippen LogP contribution in [0.25, 0.3) is 0 Å². The van der Waals surface area contributed by atoms with Crippen molar-refractivity contribution < 1.29 is 28.6 Å². The molecule has 2 atom stereocenters. The summed E-state index contributed by atoms with van der Waals surface area (Å²) in [4.78, 5) is 38.1. The molecule has 0 aromatic rings. The lowest BCUT2D eigenvalue weighted by atomic mass is 9.99. The first-order valence-electron chi connectivity index (χ1n) is 29.9. The largest absolute Gasteiger partial charge is 0.462 e. The first kappa shape index (κ1) is 64.4. The molecule has 0 aliphatic rings. The highest BCUT2D eigenvalue weighted by Crippen LogP contribution is 2.19. The zero-order valence-electron chi connectivity index (χ0n) is 45.2. The molecule has 0 heterocycles. The average molecular weight is 934 g/mol. The van der Waals surface area contributed by atoms with E-state index in [2.05, 4.69) is 27.7 Å². The van der Waals surface area contributed by atoms with E-state index in [0.717, 1.165) is 63.7 Å². The molecule has 0 aliphatic heterocycles. The van der Waals surface area contributed by atoms with Gasteiger partial charge in [-0.25, -0.2) is 0 Å². The van der Waals surface area contributed by atoms with Gasteiger partial charge in [-0.15, -0.1) is 0 Å². The van der Waals surface area contributed by atoms with E-state index >= 15 is 0 Å². The van der Waals surface area contributed by atoms with Crippen LogP contribution >= 0.6 is 0 Å². The highest BCUT2D eigenvalue weighted by molar-refractivity contribution is 5.71. The molecule has 0 saturated heterocycles. The fraction of sp³-hybridized carbons (Fsp3) is 0.950. The zero-order chi connectivity index (χ0) is 48.1. The molecule has 0 aliphatic carbocycles. The van der Waals surface area contributed by atoms with Crippen LogP contribution in [0.1, 0.15) is 342 Å². The Bertz CT molecular complexity index is 998. The van der Waals surface area contributed by atoms with E-state index in [1.807, 2.05) is 0 Å². The average Bonchev–Trinajstić information content (AvgIpc) is 3.32. The van der Waals surface area contributed by atoms with E-state index in [1.165, 1.54) is 238 Å². The maximum atomic E-state index is 12.9. The summed E-state index contributed by atoms with van der Waals surface area (Å²) in [6.07, 6.45) is 59.6. The highest BCUT2D eigenvalue weighted by atomic mass is 16.6. The van der Waals surface area contributed by atoms with Crippen molar-refractivity contribution in [1.29, 1.82) is 0 Å². The molecule has 1 unspecified atom stereocenters. The van der Waals surface area contributed by atoms with Gasteiger partial charge in [0.2, 0.25) is 0 Å². The van der Waals surface area contributed by atoms with Gasteiger partial charge in [0.05, 0.1) is 0 Å². The first-order valence-corrected chi connectivity index (χ1v) is 29.9. The van der Waals surface area contributed by atoms with Gasteiger partial charge >= 0.3 is 17.9 Å². The third-order valence-electron chi connectivity index (χ3n) is 14.2. The molecular formula is C60H116O6. The van der Waals surface area contributed by atoms with Crippen LogP contribution < -0.4 is 0 Å². The van der Waals surface area contributed by atoms with E-state index in [0.29, 0.717) is 19.3 Å². The second-order valence-electron chi connectivity index (χ2n) is 20.9. The summed E-state index contributed by atoms with van der Waals surface area (Å²) in [6, 6.07) is 0. The van der Waals surface area contributed by atoms with Crippen LogP contribution in [0.3, 0.4) is 0 Å². The summed E-state index contributed by atoms with van der Waals surface area (Å²) in [5.74, 6) is 0.0723. The van der Waals surface area contributed by atoms with Crippen molar-refractivity contribution in [3.05, 3.63) is 0 Å². The molecule has 6 heteroatoms. The van der Waals surface area contributed by atoms with Gasteiger partial charge in [-0.3, -0.25) is 14.4 Å². The fourth-order valence-electron chi connectivity index (χ4n) is 9.25. The van der Waals surface area contributed by atoms with Gasteiger partial charge in [0, 0.05) is 19.3 Å². The number of rotatable bonds is 55. The molecule has 6 nitrogen and oxygen atoms in total. The van der Waals surface area contributed by atoms with Crippen molar-refractivity contribution in [1.82, 2.24) is 0 Å². The molecule has 0 amide bonds. The number of hydrogen-bond acceptors (Lipinski definition) is 6. The Morgan fingerprint density at radius 1 is 0.303 bits per heavy atom. The summed E-state index contributed by atoms with van der Waals surface area (Å²) in [5, 5.41) is 0. The van der Waals surface area contributed by atoms with Crippen molar-refractivity contribution in [2.24, 2.45) is 5.92 Å². The third kappa shape index (κ3) is 51.8. The lowest BCUT2D eigenvalue weighted by Crippen LogP contribution is -2.30. The monoisotopic (exact) mass is 933 g/mol. The predicted molar refractivity (Wildman–Crippen MR) is 284 cm³/mol. The molecule has 66 heavy (non-hydrogen) atoms. The second kappa shape index (κ2) is 54.4. The Balaban J connectivity index is 4.18. The van der Waals surface area contributed by atoms with Crippen LogP contribution in [0, 0.1) is 5.92 Å². The minimum atomic E-state index is -0.761. The lowest BCUT2D eigenvalue weighted by molar-refractivity contribution is -0.167. The smallest absolute Gasteiger partial charge is 0.306 e. The Kier molecular flexibility index (Phi) is 53.0. The summed E-state index contributed by atoms with van der Waals surface area (Å²) in [7, 11) is 0. The Labute approximate surface area is 412 Å². The molecule has 0 aromatic heterocycles. The van der Waals surface area contributed by atoms with Gasteiger partial charge in [0.25, 0.3) is 0 Å². The minimum Gasteiger partial charge on any atom is -0.462 e. The lowest BCUT2D eigenvalue weighted by Gasteiger charge is -2.18. The van der Waals surface area contributed by atoms with Crippen LogP contribution in [0.5, 0.6) is 0 Å². The predicted octanol–water partition coefficient (Wildman–Crippen LogP) is 19.8. The SMILES string of the molecule is CCCCCCCCCCCCCCCCCCCC(=O)OC[C@@H](COC(=O)CCCCCCCCCCC)OC(=O)CCCCCCCCCCCCCCCCCCCCC(C)CC. The number of ether oxygens (including phenoxy) is 3. The Hall–Kier alpha value is -1.59. The maximum Gasteiger partial charge on any atom is 0.306 e. The van der Waals surface area contributed by atoms with Gasteiger partial charge in [-0.2, -0.15) is 0 Å². The molecule has 0 spiro atoms. The second-order valence-corrected chi connectivity index (χ2v) is 20.9. The highest BCUT2D eigenvalue weighted by Gasteiger charge is 2.19.